The number of hydrogen-bond acceptors (Lipinski definition) is 2. The molecule has 2 atom stereocenters. The fourth-order valence-corrected chi connectivity index (χ4v) is 2.63. The van der Waals surface area contributed by atoms with Gasteiger partial charge in [-0.2, -0.15) is 0 Å². The maximum absolute atomic E-state index is 3.49. The Balaban J connectivity index is 3.02. The third-order valence-electron chi connectivity index (χ3n) is 3.78. The summed E-state index contributed by atoms with van der Waals surface area (Å²) in [5.41, 5.74) is 1.37. The first kappa shape index (κ1) is 15.2. The zero-order valence-electron chi connectivity index (χ0n) is 12.6. The molecule has 0 aliphatic carbocycles. The summed E-state index contributed by atoms with van der Waals surface area (Å²) in [4.78, 5) is 2.47. The molecule has 2 unspecified atom stereocenters. The van der Waals surface area contributed by atoms with E-state index in [0.717, 1.165) is 0 Å². The second-order valence-electron chi connectivity index (χ2n) is 5.67. The van der Waals surface area contributed by atoms with Crippen molar-refractivity contribution in [2.24, 2.45) is 5.92 Å². The monoisotopic (exact) mass is 248 g/mol. The summed E-state index contributed by atoms with van der Waals surface area (Å²) in [7, 11) is 4.28. The first-order chi connectivity index (χ1) is 8.49. The summed E-state index contributed by atoms with van der Waals surface area (Å²) in [5.74, 6) is 0.607. The zero-order valence-corrected chi connectivity index (χ0v) is 12.6. The van der Waals surface area contributed by atoms with Gasteiger partial charge in [-0.3, -0.25) is 4.90 Å². The van der Waals surface area contributed by atoms with Gasteiger partial charge < -0.3 is 5.32 Å². The van der Waals surface area contributed by atoms with E-state index in [-0.39, 0.29) is 0 Å². The molecule has 1 rings (SSSR count). The van der Waals surface area contributed by atoms with Crippen LogP contribution in [0, 0.1) is 5.92 Å². The molecule has 0 spiro atoms. The lowest BCUT2D eigenvalue weighted by atomic mass is 9.89. The van der Waals surface area contributed by atoms with Crippen molar-refractivity contribution in [3.05, 3.63) is 35.9 Å². The lowest BCUT2D eigenvalue weighted by Gasteiger charge is -2.40. The van der Waals surface area contributed by atoms with E-state index in [4.69, 9.17) is 0 Å². The maximum Gasteiger partial charge on any atom is 0.0478 e. The highest BCUT2D eigenvalue weighted by atomic mass is 15.2. The maximum atomic E-state index is 3.49. The van der Waals surface area contributed by atoms with Gasteiger partial charge in [-0.25, -0.2) is 0 Å². The molecule has 0 heterocycles. The van der Waals surface area contributed by atoms with Crippen molar-refractivity contribution in [3.63, 3.8) is 0 Å². The molecule has 0 saturated carbocycles. The molecular weight excluding hydrogens is 220 g/mol. The first-order valence-electron chi connectivity index (χ1n) is 6.93. The van der Waals surface area contributed by atoms with E-state index in [1.54, 1.807) is 0 Å². The molecule has 18 heavy (non-hydrogen) atoms. The van der Waals surface area contributed by atoms with Gasteiger partial charge in [0, 0.05) is 18.1 Å². The average Bonchev–Trinajstić information content (AvgIpc) is 2.35. The third-order valence-corrected chi connectivity index (χ3v) is 3.78. The Morgan fingerprint density at radius 2 is 1.56 bits per heavy atom. The highest BCUT2D eigenvalue weighted by molar-refractivity contribution is 5.21. The summed E-state index contributed by atoms with van der Waals surface area (Å²) >= 11 is 0. The van der Waals surface area contributed by atoms with Crippen molar-refractivity contribution in [3.8, 4) is 0 Å². The van der Waals surface area contributed by atoms with Gasteiger partial charge in [0.05, 0.1) is 0 Å². The molecule has 2 nitrogen and oxygen atoms in total. The van der Waals surface area contributed by atoms with Crippen LogP contribution >= 0.6 is 0 Å². The van der Waals surface area contributed by atoms with Gasteiger partial charge in [0.25, 0.3) is 0 Å². The molecule has 0 fully saturated rings. The van der Waals surface area contributed by atoms with E-state index in [2.05, 4.69) is 82.3 Å². The normalized spacial score (nSPS) is 15.4. The second-order valence-corrected chi connectivity index (χ2v) is 5.67. The highest BCUT2D eigenvalue weighted by Crippen LogP contribution is 2.26. The molecule has 0 bridgehead atoms. The van der Waals surface area contributed by atoms with Gasteiger partial charge in [0.15, 0.2) is 0 Å². The largest absolute Gasteiger partial charge is 0.312 e. The Bertz CT molecular complexity index is 332. The van der Waals surface area contributed by atoms with Crippen molar-refractivity contribution in [1.82, 2.24) is 10.2 Å². The number of nitrogens with zero attached hydrogens (tertiary/aromatic N) is 1. The smallest absolute Gasteiger partial charge is 0.0478 e. The summed E-state index contributed by atoms with van der Waals surface area (Å²) < 4.78 is 0. The third kappa shape index (κ3) is 3.56. The molecule has 0 saturated heterocycles. The molecular formula is C16H28N2. The summed E-state index contributed by atoms with van der Waals surface area (Å²) in [6, 6.07) is 12.2. The molecule has 0 amide bonds. The van der Waals surface area contributed by atoms with Crippen LogP contribution in [-0.2, 0) is 0 Å². The highest BCUT2D eigenvalue weighted by Gasteiger charge is 2.29. The summed E-state index contributed by atoms with van der Waals surface area (Å²) in [6.45, 7) is 9.12. The predicted molar refractivity (Wildman–Crippen MR) is 79.8 cm³/mol. The minimum atomic E-state index is 0.374. The number of benzene rings is 1. The molecule has 1 aromatic carbocycles. The topological polar surface area (TPSA) is 15.3 Å². The Labute approximate surface area is 112 Å². The van der Waals surface area contributed by atoms with Gasteiger partial charge >= 0.3 is 0 Å². The fraction of sp³-hybridized carbons (Fsp3) is 0.625. The van der Waals surface area contributed by atoms with Gasteiger partial charge in [-0.15, -0.1) is 0 Å². The van der Waals surface area contributed by atoms with Crippen LogP contribution in [0.25, 0.3) is 0 Å². The lowest BCUT2D eigenvalue weighted by Crippen LogP contribution is -2.48. The van der Waals surface area contributed by atoms with E-state index in [1.807, 2.05) is 0 Å². The number of likely N-dealkylation sites (N-methyl/N-ethyl adjacent to an activating group) is 2. The lowest BCUT2D eigenvalue weighted by molar-refractivity contribution is 0.118. The van der Waals surface area contributed by atoms with E-state index >= 15 is 0 Å². The molecule has 0 radical (unpaired) electrons. The van der Waals surface area contributed by atoms with Gasteiger partial charge in [0.1, 0.15) is 0 Å². The molecule has 1 N–H and O–H groups in total. The Hall–Kier alpha value is -0.860. The van der Waals surface area contributed by atoms with Crippen molar-refractivity contribution >= 4 is 0 Å². The average molecular weight is 248 g/mol. The molecule has 1 aromatic rings. The summed E-state index contributed by atoms with van der Waals surface area (Å²) in [5, 5.41) is 3.49. The molecule has 2 heteroatoms. The number of hydrogen-bond donors (Lipinski definition) is 1. The Morgan fingerprint density at radius 3 is 1.94 bits per heavy atom. The van der Waals surface area contributed by atoms with Crippen LogP contribution in [-0.4, -0.2) is 31.1 Å². The van der Waals surface area contributed by atoms with Crippen LogP contribution in [0.15, 0.2) is 30.3 Å². The van der Waals surface area contributed by atoms with Crippen LogP contribution in [0.1, 0.15) is 39.3 Å². The van der Waals surface area contributed by atoms with Gasteiger partial charge in [-0.1, -0.05) is 44.2 Å². The van der Waals surface area contributed by atoms with Crippen LogP contribution < -0.4 is 5.32 Å². The van der Waals surface area contributed by atoms with Gasteiger partial charge in [0.2, 0.25) is 0 Å². The van der Waals surface area contributed by atoms with Crippen molar-refractivity contribution in [1.29, 1.82) is 0 Å². The van der Waals surface area contributed by atoms with E-state index < -0.39 is 0 Å². The van der Waals surface area contributed by atoms with Crippen LogP contribution in [0.2, 0.25) is 0 Å². The number of nitrogens with one attached hydrogen (secondary N) is 1. The van der Waals surface area contributed by atoms with Crippen LogP contribution in [0.4, 0.5) is 0 Å². The summed E-state index contributed by atoms with van der Waals surface area (Å²) in [6.07, 6.45) is 0. The Kier molecular flexibility index (Phi) is 5.83. The predicted octanol–water partition coefficient (Wildman–Crippen LogP) is 3.31. The standard InChI is InChI=1S/C16H28N2/c1-12(2)16(18(6)13(3)4)15(17-5)14-10-8-7-9-11-14/h7-13,15-17H,1-6H3. The van der Waals surface area contributed by atoms with Gasteiger partial charge in [-0.05, 0) is 39.4 Å². The molecule has 0 aromatic heterocycles. The molecule has 0 aliphatic heterocycles. The molecule has 102 valence electrons. The SMILES string of the molecule is CNC(c1ccccc1)C(C(C)C)N(C)C(C)C. The van der Waals surface area contributed by atoms with E-state index in [1.165, 1.54) is 5.56 Å². The zero-order chi connectivity index (χ0) is 13.7. The van der Waals surface area contributed by atoms with Crippen molar-refractivity contribution in [2.45, 2.75) is 45.8 Å². The van der Waals surface area contributed by atoms with Crippen LogP contribution in [0.5, 0.6) is 0 Å². The fourth-order valence-electron chi connectivity index (χ4n) is 2.63. The van der Waals surface area contributed by atoms with Crippen LogP contribution in [0.3, 0.4) is 0 Å². The van der Waals surface area contributed by atoms with E-state index in [0.29, 0.717) is 24.0 Å². The Morgan fingerprint density at radius 1 is 1.00 bits per heavy atom. The number of rotatable bonds is 6. The molecule has 0 aliphatic rings. The minimum Gasteiger partial charge on any atom is -0.312 e. The first-order valence-corrected chi connectivity index (χ1v) is 6.93. The van der Waals surface area contributed by atoms with Crippen molar-refractivity contribution in [2.75, 3.05) is 14.1 Å². The van der Waals surface area contributed by atoms with E-state index in [9.17, 15) is 0 Å². The quantitative estimate of drug-likeness (QED) is 0.831. The minimum absolute atomic E-state index is 0.374. The second kappa shape index (κ2) is 6.91. The van der Waals surface area contributed by atoms with Crippen molar-refractivity contribution < 1.29 is 0 Å².